The van der Waals surface area contributed by atoms with Crippen LogP contribution in [0, 0.1) is 0 Å². The van der Waals surface area contributed by atoms with E-state index in [0.29, 0.717) is 0 Å². The quantitative estimate of drug-likeness (QED) is 0.402. The van der Waals surface area contributed by atoms with Crippen molar-refractivity contribution >= 4 is 14.1 Å². The Morgan fingerprint density at radius 1 is 1.11 bits per heavy atom. The first kappa shape index (κ1) is 8.73. The summed E-state index contributed by atoms with van der Waals surface area (Å²) in [6, 6.07) is 0. The fourth-order valence-corrected chi connectivity index (χ4v) is 0.363. The third kappa shape index (κ3) is 7.73. The SMILES string of the molecule is CCB=NN=BCCC. The van der Waals surface area contributed by atoms with Crippen molar-refractivity contribution in [3.63, 3.8) is 0 Å². The van der Waals surface area contributed by atoms with Crippen molar-refractivity contribution in [1.82, 2.24) is 0 Å². The van der Waals surface area contributed by atoms with Crippen LogP contribution in [0.4, 0.5) is 0 Å². The van der Waals surface area contributed by atoms with Crippen LogP contribution < -0.4 is 0 Å². The molecule has 0 rings (SSSR count). The molecule has 9 heavy (non-hydrogen) atoms. The van der Waals surface area contributed by atoms with E-state index in [9.17, 15) is 0 Å². The van der Waals surface area contributed by atoms with E-state index in [0.717, 1.165) is 19.1 Å². The molecule has 0 atom stereocenters. The van der Waals surface area contributed by atoms with Gasteiger partial charge in [0.2, 0.25) is 0 Å². The molecule has 0 fully saturated rings. The molecule has 0 amide bonds. The van der Waals surface area contributed by atoms with E-state index in [-0.39, 0.29) is 0 Å². The van der Waals surface area contributed by atoms with Gasteiger partial charge in [-0.05, 0) is 0 Å². The summed E-state index contributed by atoms with van der Waals surface area (Å²) in [4.78, 5) is 0. The van der Waals surface area contributed by atoms with Gasteiger partial charge in [-0.1, -0.05) is 0 Å². The first-order valence-electron chi connectivity index (χ1n) is 3.45. The molecule has 0 aliphatic carbocycles. The van der Waals surface area contributed by atoms with E-state index < -0.39 is 0 Å². The van der Waals surface area contributed by atoms with Crippen molar-refractivity contribution in [1.29, 1.82) is 0 Å². The molecule has 0 N–H and O–H groups in total. The molecule has 48 valence electrons. The molecule has 4 heteroatoms. The summed E-state index contributed by atoms with van der Waals surface area (Å²) in [5.41, 5.74) is 0. The molecule has 0 aromatic carbocycles. The Hall–Kier alpha value is -0.270. The van der Waals surface area contributed by atoms with Crippen LogP contribution in [-0.4, -0.2) is 14.1 Å². The Bertz CT molecular complexity index is 101. The molecule has 0 spiro atoms. The molecule has 0 unspecified atom stereocenters. The number of hydrogen-bond donors (Lipinski definition) is 0. The Kier molecular flexibility index (Phi) is 7.50. The molecule has 0 aliphatic heterocycles. The predicted octanol–water partition coefficient (Wildman–Crippen LogP) is 1.94. The van der Waals surface area contributed by atoms with Gasteiger partial charge in [0, 0.05) is 0 Å². The molecular formula is C5H12B2N2. The second-order valence-corrected chi connectivity index (χ2v) is 1.79. The zero-order valence-corrected chi connectivity index (χ0v) is 6.17. The van der Waals surface area contributed by atoms with Crippen LogP contribution in [0.1, 0.15) is 20.3 Å². The van der Waals surface area contributed by atoms with E-state index in [4.69, 9.17) is 0 Å². The van der Waals surface area contributed by atoms with E-state index in [1.54, 1.807) is 7.07 Å². The number of nitrogens with zero attached hydrogens (tertiary/aromatic N) is 2. The Balaban J connectivity index is 3.13. The zero-order valence-electron chi connectivity index (χ0n) is 6.17. The summed E-state index contributed by atoms with van der Waals surface area (Å²) < 4.78 is 0. The Labute approximate surface area is 57.9 Å². The van der Waals surface area contributed by atoms with Crippen molar-refractivity contribution in [2.75, 3.05) is 0 Å². The van der Waals surface area contributed by atoms with Crippen molar-refractivity contribution in [2.45, 2.75) is 32.9 Å². The van der Waals surface area contributed by atoms with E-state index in [1.165, 1.54) is 0 Å². The van der Waals surface area contributed by atoms with Crippen LogP contribution in [0.2, 0.25) is 12.6 Å². The summed E-state index contributed by atoms with van der Waals surface area (Å²) in [6.07, 6.45) is 3.13. The van der Waals surface area contributed by atoms with Crippen LogP contribution in [0.5, 0.6) is 0 Å². The van der Waals surface area contributed by atoms with E-state index in [2.05, 4.69) is 16.9 Å². The summed E-state index contributed by atoms with van der Waals surface area (Å²) in [6.45, 7) is 4.16. The minimum atomic E-state index is 0.962. The second kappa shape index (κ2) is 7.73. The fraction of sp³-hybridized carbons (Fsp3) is 1.00. The summed E-state index contributed by atoms with van der Waals surface area (Å²) in [5, 5.41) is 7.57. The molecule has 0 saturated carbocycles. The van der Waals surface area contributed by atoms with Gasteiger partial charge in [0.15, 0.2) is 0 Å². The number of rotatable bonds is 4. The number of hydrogen-bond acceptors (Lipinski definition) is 2. The van der Waals surface area contributed by atoms with Crippen LogP contribution in [0.25, 0.3) is 0 Å². The second-order valence-electron chi connectivity index (χ2n) is 1.79. The average Bonchev–Trinajstić information content (AvgIpc) is 1.89. The molecular weight excluding hydrogens is 110 g/mol. The maximum atomic E-state index is 3.80. The third-order valence-electron chi connectivity index (χ3n) is 0.830. The third-order valence-corrected chi connectivity index (χ3v) is 0.830. The molecule has 0 bridgehead atoms. The normalized spacial score (nSPS) is 10.0. The molecule has 0 aromatic heterocycles. The van der Waals surface area contributed by atoms with Crippen molar-refractivity contribution < 1.29 is 0 Å². The van der Waals surface area contributed by atoms with Gasteiger partial charge in [-0.2, -0.15) is 0 Å². The summed E-state index contributed by atoms with van der Waals surface area (Å²) in [7, 11) is 3.64. The van der Waals surface area contributed by atoms with Gasteiger partial charge in [0.1, 0.15) is 0 Å². The van der Waals surface area contributed by atoms with Crippen molar-refractivity contribution in [2.24, 2.45) is 10.0 Å². The fourth-order valence-electron chi connectivity index (χ4n) is 0.363. The van der Waals surface area contributed by atoms with Gasteiger partial charge >= 0.3 is 57.1 Å². The Morgan fingerprint density at radius 3 is 2.33 bits per heavy atom. The average molecular weight is 122 g/mol. The summed E-state index contributed by atoms with van der Waals surface area (Å²) >= 11 is 0. The summed E-state index contributed by atoms with van der Waals surface area (Å²) in [5.74, 6) is 0. The predicted molar refractivity (Wildman–Crippen MR) is 41.9 cm³/mol. The van der Waals surface area contributed by atoms with E-state index in [1.807, 2.05) is 14.0 Å². The van der Waals surface area contributed by atoms with Crippen LogP contribution in [-0.2, 0) is 0 Å². The van der Waals surface area contributed by atoms with Crippen LogP contribution in [0.15, 0.2) is 10.0 Å². The standard InChI is InChI=1S/C5H12B2N2/c1-3-5-7-9-8-6-4-2/h3-5H2,1-2H3. The van der Waals surface area contributed by atoms with Crippen LogP contribution >= 0.6 is 0 Å². The van der Waals surface area contributed by atoms with Gasteiger partial charge in [-0.3, -0.25) is 0 Å². The van der Waals surface area contributed by atoms with Crippen molar-refractivity contribution in [3.05, 3.63) is 0 Å². The van der Waals surface area contributed by atoms with Gasteiger partial charge in [0.05, 0.1) is 0 Å². The Morgan fingerprint density at radius 2 is 1.78 bits per heavy atom. The topological polar surface area (TPSA) is 24.7 Å². The zero-order chi connectivity index (χ0) is 6.95. The molecule has 0 aliphatic rings. The first-order chi connectivity index (χ1) is 4.41. The van der Waals surface area contributed by atoms with Crippen molar-refractivity contribution in [3.8, 4) is 0 Å². The maximum absolute atomic E-state index is 3.80. The molecule has 0 radical (unpaired) electrons. The van der Waals surface area contributed by atoms with Gasteiger partial charge < -0.3 is 0 Å². The van der Waals surface area contributed by atoms with Gasteiger partial charge in [0.25, 0.3) is 0 Å². The van der Waals surface area contributed by atoms with E-state index >= 15 is 0 Å². The molecule has 0 heterocycles. The van der Waals surface area contributed by atoms with Gasteiger partial charge in [-0.25, -0.2) is 0 Å². The monoisotopic (exact) mass is 122 g/mol. The first-order valence-corrected chi connectivity index (χ1v) is 3.45. The molecule has 2 nitrogen and oxygen atoms in total. The van der Waals surface area contributed by atoms with Gasteiger partial charge in [-0.15, -0.1) is 0 Å². The van der Waals surface area contributed by atoms with Crippen LogP contribution in [0.3, 0.4) is 0 Å². The molecule has 0 aromatic rings. The molecule has 0 saturated heterocycles. The minimum absolute atomic E-state index is 0.962.